The van der Waals surface area contributed by atoms with Gasteiger partial charge in [0, 0.05) is 84.3 Å². The van der Waals surface area contributed by atoms with Gasteiger partial charge < -0.3 is 19.1 Å². The fourth-order valence-electron chi connectivity index (χ4n) is 26.4. The molecule has 0 bridgehead atoms. The van der Waals surface area contributed by atoms with Crippen LogP contribution in [0.15, 0.2) is 411 Å². The lowest BCUT2D eigenvalue weighted by Crippen LogP contribution is -2.43. The Kier molecular flexibility index (Phi) is 19.8. The largest absolute Gasteiger partial charge is 0.456 e. The number of hydrogen-bond acceptors (Lipinski definition) is 4. The van der Waals surface area contributed by atoms with E-state index in [4.69, 9.17) is 4.42 Å². The molecule has 0 spiro atoms. The highest BCUT2D eigenvalue weighted by atomic mass is 16.3. The lowest BCUT2D eigenvalue weighted by molar-refractivity contribution is 0.299. The summed E-state index contributed by atoms with van der Waals surface area (Å²) in [5, 5.41) is 12.6. The highest BCUT2D eigenvalue weighted by Gasteiger charge is 2.51. The van der Waals surface area contributed by atoms with E-state index in [1.54, 1.807) is 0 Å². The van der Waals surface area contributed by atoms with E-state index in [1.165, 1.54) is 211 Å². The van der Waals surface area contributed by atoms with Crippen molar-refractivity contribution >= 4 is 116 Å². The minimum atomic E-state index is -0.137. The van der Waals surface area contributed by atoms with Gasteiger partial charge in [0.1, 0.15) is 11.2 Å². The second-order valence-electron chi connectivity index (χ2n) is 45.9. The normalized spacial score (nSPS) is 16.3. The van der Waals surface area contributed by atoms with Crippen LogP contribution in [0.1, 0.15) is 191 Å². The Bertz CT molecular complexity index is 8900. The lowest BCUT2D eigenvalue weighted by atomic mass is 9.55. The molecule has 6 aliphatic carbocycles. The van der Waals surface area contributed by atoms with Crippen molar-refractivity contribution in [2.45, 2.75) is 173 Å². The molecule has 4 heteroatoms. The quantitative estimate of drug-likeness (QED) is 0.144. The molecule has 698 valence electrons. The molecular formula is C139H121N3O. The summed E-state index contributed by atoms with van der Waals surface area (Å²) < 4.78 is 6.47. The minimum absolute atomic E-state index is 0.0149. The zero-order valence-corrected chi connectivity index (χ0v) is 85.4. The van der Waals surface area contributed by atoms with Gasteiger partial charge in [0.15, 0.2) is 0 Å². The Hall–Kier alpha value is -15.4. The number of hydrogen-bond donors (Lipinski definition) is 0. The molecule has 0 saturated carbocycles. The topological polar surface area (TPSA) is 22.9 Å². The van der Waals surface area contributed by atoms with Gasteiger partial charge in [0.2, 0.25) is 0 Å². The predicted octanol–water partition coefficient (Wildman–Crippen LogP) is 38.6. The van der Waals surface area contributed by atoms with Crippen molar-refractivity contribution in [2.24, 2.45) is 0 Å². The van der Waals surface area contributed by atoms with Gasteiger partial charge in [-0.1, -0.05) is 410 Å². The minimum Gasteiger partial charge on any atom is -0.456 e. The van der Waals surface area contributed by atoms with Crippen molar-refractivity contribution in [3.8, 4) is 66.8 Å². The monoisotopic (exact) mass is 1850 g/mol. The first kappa shape index (κ1) is 89.0. The first-order chi connectivity index (χ1) is 68.7. The molecular weight excluding hydrogens is 1730 g/mol. The summed E-state index contributed by atoms with van der Waals surface area (Å²) in [4.78, 5) is 7.36. The molecule has 21 aromatic rings. The van der Waals surface area contributed by atoms with Crippen LogP contribution in [-0.2, 0) is 48.7 Å². The van der Waals surface area contributed by atoms with Crippen LogP contribution < -0.4 is 14.7 Å². The first-order valence-electron chi connectivity index (χ1n) is 51.3. The van der Waals surface area contributed by atoms with E-state index >= 15 is 0 Å². The number of anilines is 9. The molecule has 20 aromatic carbocycles. The average molecular weight is 1850 g/mol. The fraction of sp³-hybridized carbons (Fsp3) is 0.194. The van der Waals surface area contributed by atoms with Crippen molar-refractivity contribution in [3.05, 3.63) is 473 Å². The maximum Gasteiger partial charge on any atom is 0.137 e. The van der Waals surface area contributed by atoms with E-state index in [2.05, 4.69) is 540 Å². The molecule has 6 aliphatic rings. The molecule has 1 heterocycles. The Morgan fingerprint density at radius 1 is 0.147 bits per heavy atom. The summed E-state index contributed by atoms with van der Waals surface area (Å²) in [6.07, 6.45) is 0. The van der Waals surface area contributed by atoms with E-state index in [0.717, 1.165) is 39.0 Å². The van der Waals surface area contributed by atoms with E-state index < -0.39 is 0 Å². The molecule has 1 aromatic heterocycles. The summed E-state index contributed by atoms with van der Waals surface area (Å²) in [6, 6.07) is 151. The molecule has 0 fully saturated rings. The number of para-hydroxylation sites is 2. The van der Waals surface area contributed by atoms with Crippen molar-refractivity contribution in [1.29, 1.82) is 0 Å². The summed E-state index contributed by atoms with van der Waals surface area (Å²) in [6.45, 7) is 43.3. The Morgan fingerprint density at radius 3 is 0.853 bits per heavy atom. The maximum absolute atomic E-state index is 6.47. The van der Waals surface area contributed by atoms with Crippen LogP contribution >= 0.6 is 0 Å². The van der Waals surface area contributed by atoms with Gasteiger partial charge >= 0.3 is 0 Å². The Morgan fingerprint density at radius 2 is 0.406 bits per heavy atom. The number of rotatable bonds is 9. The summed E-state index contributed by atoms with van der Waals surface area (Å²) in [5.41, 5.74) is 44.5. The van der Waals surface area contributed by atoms with Crippen LogP contribution in [0.3, 0.4) is 0 Å². The zero-order chi connectivity index (χ0) is 98.3. The standard InChI is InChI=1S/C49H41NO.C47H41N.C43H39N/c1-47(2)41-16-10-7-14-35(41)39-24-20-30-19-21-31(27-40(30)46(39)47)50(33-23-26-38-37-15-9-12-18-44(37)51-45(38)29-33)32-22-25-36-34-13-8-11-17-42(34)48(3,4)49(5,6)43(36)28-32;1-45(2)42-28-34(23-26-39(42)40-24-20-31-14-9-10-16-36(31)44(40)45)48(33-21-19-30-13-7-8-15-32(30)27-33)35-22-25-38-37-17-11-12-18-41(37)46(3,4)47(5,6)43(38)29-35;1-41(2)38-26-30(22-25-35(38)36-23-20-28-14-10-11-17-32(28)40(36)41)44(29-15-8-7-9-16-29)31-21-24-34-33-18-12-13-19-37(33)42(3,4)43(5,6)39(34)27-31/h7-29H,1-6H3;7-29H,1-6H3;7-27H,1-6H3. The average Bonchev–Trinajstić information content (AvgIpc) is 1.66. The third-order valence-electron chi connectivity index (χ3n) is 36.1. The molecule has 0 aliphatic heterocycles. The van der Waals surface area contributed by atoms with Gasteiger partial charge in [-0.05, 0) is 324 Å². The third kappa shape index (κ3) is 13.2. The molecule has 0 atom stereocenters. The third-order valence-corrected chi connectivity index (χ3v) is 36.1. The van der Waals surface area contributed by atoms with Crippen LogP contribution in [0, 0.1) is 0 Å². The van der Waals surface area contributed by atoms with E-state index in [-0.39, 0.29) is 48.7 Å². The van der Waals surface area contributed by atoms with Gasteiger partial charge in [-0.3, -0.25) is 0 Å². The van der Waals surface area contributed by atoms with E-state index in [1.807, 2.05) is 6.07 Å². The SMILES string of the molecule is CC1(C)c2cc(N(c3ccc4c(c3)C(C)(C)C(C)(C)c3ccccc3-4)c3ccc4ccccc4c3)ccc2-c2ccc3ccccc3c21.CC1(C)c2cc(N(c3ccccc3)c3ccc4c(c3)C(C)(C)C(C)(C)c3ccccc3-4)ccc2-c2ccc3ccccc3c21.CC1(C)c2ccccc2-c2ccc3ccc(N(c4ccc5c(c4)C(C)(C)C(C)(C)c4ccccc4-5)c4ccc5c(c4)oc4ccccc45)cc3c21. The van der Waals surface area contributed by atoms with Gasteiger partial charge in [-0.25, -0.2) is 0 Å². The second kappa shape index (κ2) is 31.8. The molecule has 0 radical (unpaired) electrons. The summed E-state index contributed by atoms with van der Waals surface area (Å²) in [7, 11) is 0. The number of fused-ring (bicyclic) bond motifs is 28. The second-order valence-corrected chi connectivity index (χ2v) is 45.9. The van der Waals surface area contributed by atoms with Crippen LogP contribution in [-0.4, -0.2) is 0 Å². The number of furan rings is 1. The molecule has 0 saturated heterocycles. The molecule has 0 amide bonds. The smallest absolute Gasteiger partial charge is 0.137 e. The molecule has 143 heavy (non-hydrogen) atoms. The van der Waals surface area contributed by atoms with Gasteiger partial charge in [-0.2, -0.15) is 0 Å². The Balaban J connectivity index is 0.000000113. The highest BCUT2D eigenvalue weighted by molar-refractivity contribution is 6.08. The van der Waals surface area contributed by atoms with Gasteiger partial charge in [-0.15, -0.1) is 0 Å². The molecule has 27 rings (SSSR count). The Labute approximate surface area is 842 Å². The van der Waals surface area contributed by atoms with E-state index in [9.17, 15) is 0 Å². The van der Waals surface area contributed by atoms with Crippen LogP contribution in [0.4, 0.5) is 51.2 Å². The van der Waals surface area contributed by atoms with E-state index in [0.29, 0.717) is 0 Å². The maximum atomic E-state index is 6.47. The highest BCUT2D eigenvalue weighted by Crippen LogP contribution is 2.63. The molecule has 0 unspecified atom stereocenters. The van der Waals surface area contributed by atoms with Crippen molar-refractivity contribution < 1.29 is 4.42 Å². The van der Waals surface area contributed by atoms with Crippen LogP contribution in [0.25, 0.3) is 132 Å². The zero-order valence-electron chi connectivity index (χ0n) is 85.4. The number of nitrogens with zero attached hydrogens (tertiary/aromatic N) is 3. The fourth-order valence-corrected chi connectivity index (χ4v) is 26.4. The predicted molar refractivity (Wildman–Crippen MR) is 608 cm³/mol. The molecule has 4 nitrogen and oxygen atoms in total. The first-order valence-corrected chi connectivity index (χ1v) is 51.3. The van der Waals surface area contributed by atoms with Crippen molar-refractivity contribution in [2.75, 3.05) is 14.7 Å². The van der Waals surface area contributed by atoms with Gasteiger partial charge in [0.05, 0.1) is 0 Å². The van der Waals surface area contributed by atoms with Gasteiger partial charge in [0.25, 0.3) is 0 Å². The lowest BCUT2D eigenvalue weighted by Gasteiger charge is -2.48. The van der Waals surface area contributed by atoms with Crippen LogP contribution in [0.5, 0.6) is 0 Å². The van der Waals surface area contributed by atoms with Crippen molar-refractivity contribution in [3.63, 3.8) is 0 Å². The molecule has 0 N–H and O–H groups in total. The van der Waals surface area contributed by atoms with Crippen LogP contribution in [0.2, 0.25) is 0 Å². The summed E-state index contributed by atoms with van der Waals surface area (Å²) in [5.74, 6) is 0. The number of benzene rings is 20. The summed E-state index contributed by atoms with van der Waals surface area (Å²) >= 11 is 0. The van der Waals surface area contributed by atoms with Crippen molar-refractivity contribution in [1.82, 2.24) is 0 Å².